The lowest BCUT2D eigenvalue weighted by molar-refractivity contribution is 0.524. The van der Waals surface area contributed by atoms with E-state index in [1.54, 1.807) is 6.07 Å². The summed E-state index contributed by atoms with van der Waals surface area (Å²) in [6.07, 6.45) is 0. The van der Waals surface area contributed by atoms with Gasteiger partial charge in [0.05, 0.1) is 6.04 Å². The molecule has 2 nitrogen and oxygen atoms in total. The number of fused-ring (bicyclic) bond motifs is 1. The van der Waals surface area contributed by atoms with Gasteiger partial charge < -0.3 is 10.2 Å². The largest absolute Gasteiger partial charge is 0.459 e. The topological polar surface area (TPSA) is 39.2 Å². The quantitative estimate of drug-likeness (QED) is 0.750. The van der Waals surface area contributed by atoms with Gasteiger partial charge in [-0.05, 0) is 42.8 Å². The van der Waals surface area contributed by atoms with Gasteiger partial charge in [0.15, 0.2) is 0 Å². The third-order valence-electron chi connectivity index (χ3n) is 3.29. The third kappa shape index (κ3) is 2.30. The van der Waals surface area contributed by atoms with Gasteiger partial charge >= 0.3 is 0 Å². The summed E-state index contributed by atoms with van der Waals surface area (Å²) in [5, 5.41) is 1.29. The Morgan fingerprint density at radius 3 is 2.70 bits per heavy atom. The Labute approximate surface area is 121 Å². The second-order valence-corrected chi connectivity index (χ2v) is 5.24. The van der Waals surface area contributed by atoms with Crippen molar-refractivity contribution in [1.29, 1.82) is 0 Å². The molecular formula is C16H13ClFNO. The van der Waals surface area contributed by atoms with Gasteiger partial charge in [-0.15, -0.1) is 0 Å². The highest BCUT2D eigenvalue weighted by atomic mass is 35.5. The summed E-state index contributed by atoms with van der Waals surface area (Å²) in [4.78, 5) is 0. The van der Waals surface area contributed by atoms with Gasteiger partial charge in [-0.1, -0.05) is 29.3 Å². The first kappa shape index (κ1) is 13.2. The summed E-state index contributed by atoms with van der Waals surface area (Å²) in [5.74, 6) is 0.227. The first-order valence-corrected chi connectivity index (χ1v) is 6.63. The molecule has 4 heteroatoms. The Balaban J connectivity index is 2.05. The number of benzene rings is 2. The molecule has 2 N–H and O–H groups in total. The Morgan fingerprint density at radius 2 is 1.95 bits per heavy atom. The van der Waals surface area contributed by atoms with E-state index < -0.39 is 6.04 Å². The fourth-order valence-corrected chi connectivity index (χ4v) is 2.53. The van der Waals surface area contributed by atoms with E-state index in [0.717, 1.165) is 16.5 Å². The standard InChI is InChI=1S/C16H13ClFNO/c1-9-2-5-14-10(6-9)7-15(20-14)16(19)12-4-3-11(18)8-13(12)17/h2-8,16H,19H2,1H3. The molecule has 3 rings (SSSR count). The maximum absolute atomic E-state index is 13.1. The van der Waals surface area contributed by atoms with Gasteiger partial charge in [0.25, 0.3) is 0 Å². The molecule has 0 amide bonds. The lowest BCUT2D eigenvalue weighted by atomic mass is 10.0. The number of halogens is 2. The molecule has 102 valence electrons. The van der Waals surface area contributed by atoms with Crippen molar-refractivity contribution in [1.82, 2.24) is 0 Å². The first-order valence-electron chi connectivity index (χ1n) is 6.25. The van der Waals surface area contributed by atoms with Crippen molar-refractivity contribution in [3.05, 3.63) is 70.2 Å². The van der Waals surface area contributed by atoms with E-state index in [9.17, 15) is 4.39 Å². The van der Waals surface area contributed by atoms with Crippen LogP contribution in [0.4, 0.5) is 4.39 Å². The van der Waals surface area contributed by atoms with Crippen LogP contribution in [-0.4, -0.2) is 0 Å². The van der Waals surface area contributed by atoms with E-state index in [1.165, 1.54) is 12.1 Å². The molecule has 3 aromatic rings. The number of hydrogen-bond donors (Lipinski definition) is 1. The van der Waals surface area contributed by atoms with Crippen LogP contribution in [0.5, 0.6) is 0 Å². The van der Waals surface area contributed by atoms with E-state index in [0.29, 0.717) is 16.3 Å². The van der Waals surface area contributed by atoms with Crippen LogP contribution >= 0.6 is 11.6 Å². The Morgan fingerprint density at radius 1 is 1.15 bits per heavy atom. The van der Waals surface area contributed by atoms with Gasteiger partial charge in [-0.25, -0.2) is 4.39 Å². The molecule has 0 radical (unpaired) electrons. The lowest BCUT2D eigenvalue weighted by Gasteiger charge is -2.10. The molecule has 0 fully saturated rings. The average molecular weight is 290 g/mol. The summed E-state index contributed by atoms with van der Waals surface area (Å²) in [5.41, 5.74) is 8.74. The monoisotopic (exact) mass is 289 g/mol. The van der Waals surface area contributed by atoms with Crippen molar-refractivity contribution < 1.29 is 8.81 Å². The van der Waals surface area contributed by atoms with Gasteiger partial charge in [0.1, 0.15) is 17.2 Å². The maximum Gasteiger partial charge on any atom is 0.134 e. The number of rotatable bonds is 2. The van der Waals surface area contributed by atoms with Gasteiger partial charge in [0.2, 0.25) is 0 Å². The Hall–Kier alpha value is -1.84. The lowest BCUT2D eigenvalue weighted by Crippen LogP contribution is -2.11. The zero-order valence-corrected chi connectivity index (χ0v) is 11.6. The molecule has 1 heterocycles. The second kappa shape index (κ2) is 4.93. The Bertz CT molecular complexity index is 781. The summed E-state index contributed by atoms with van der Waals surface area (Å²) in [6, 6.07) is 11.5. The highest BCUT2D eigenvalue weighted by Crippen LogP contribution is 2.31. The van der Waals surface area contributed by atoms with Crippen LogP contribution in [0, 0.1) is 12.7 Å². The zero-order chi connectivity index (χ0) is 14.3. The van der Waals surface area contributed by atoms with Gasteiger partial charge in [-0.2, -0.15) is 0 Å². The third-order valence-corrected chi connectivity index (χ3v) is 3.62. The molecule has 0 aliphatic heterocycles. The predicted molar refractivity (Wildman–Crippen MR) is 78.4 cm³/mol. The van der Waals surface area contributed by atoms with Crippen LogP contribution in [0.3, 0.4) is 0 Å². The van der Waals surface area contributed by atoms with E-state index in [2.05, 4.69) is 0 Å². The minimum Gasteiger partial charge on any atom is -0.459 e. The van der Waals surface area contributed by atoms with E-state index in [-0.39, 0.29) is 5.82 Å². The molecule has 20 heavy (non-hydrogen) atoms. The van der Waals surface area contributed by atoms with Gasteiger partial charge in [0, 0.05) is 10.4 Å². The zero-order valence-electron chi connectivity index (χ0n) is 10.9. The van der Waals surface area contributed by atoms with E-state index >= 15 is 0 Å². The van der Waals surface area contributed by atoms with Crippen molar-refractivity contribution >= 4 is 22.6 Å². The molecule has 0 spiro atoms. The average Bonchev–Trinajstić information content (AvgIpc) is 2.81. The molecule has 0 aliphatic rings. The van der Waals surface area contributed by atoms with Crippen molar-refractivity contribution in [3.8, 4) is 0 Å². The highest BCUT2D eigenvalue weighted by Gasteiger charge is 2.17. The van der Waals surface area contributed by atoms with Crippen LogP contribution in [0.25, 0.3) is 11.0 Å². The van der Waals surface area contributed by atoms with Gasteiger partial charge in [-0.3, -0.25) is 0 Å². The van der Waals surface area contributed by atoms with Crippen molar-refractivity contribution in [2.75, 3.05) is 0 Å². The predicted octanol–water partition coefficient (Wildman–Crippen LogP) is 4.58. The number of hydrogen-bond acceptors (Lipinski definition) is 2. The first-order chi connectivity index (χ1) is 9.54. The number of furan rings is 1. The van der Waals surface area contributed by atoms with Crippen LogP contribution in [-0.2, 0) is 0 Å². The molecule has 1 atom stereocenters. The molecule has 0 bridgehead atoms. The van der Waals surface area contributed by atoms with Crippen LogP contribution in [0.1, 0.15) is 22.9 Å². The van der Waals surface area contributed by atoms with Crippen molar-refractivity contribution in [2.45, 2.75) is 13.0 Å². The molecule has 0 saturated carbocycles. The molecule has 2 aromatic carbocycles. The highest BCUT2D eigenvalue weighted by molar-refractivity contribution is 6.31. The number of aryl methyl sites for hydroxylation is 1. The van der Waals surface area contributed by atoms with E-state index in [1.807, 2.05) is 31.2 Å². The smallest absolute Gasteiger partial charge is 0.134 e. The molecule has 1 aromatic heterocycles. The fourth-order valence-electron chi connectivity index (χ4n) is 2.24. The summed E-state index contributed by atoms with van der Waals surface area (Å²) in [6.45, 7) is 2.02. The normalized spacial score (nSPS) is 12.8. The summed E-state index contributed by atoms with van der Waals surface area (Å²) < 4.78 is 18.8. The fraction of sp³-hybridized carbons (Fsp3) is 0.125. The summed E-state index contributed by atoms with van der Waals surface area (Å²) >= 11 is 6.04. The van der Waals surface area contributed by atoms with Crippen molar-refractivity contribution in [2.24, 2.45) is 5.73 Å². The molecule has 0 aliphatic carbocycles. The number of nitrogens with two attached hydrogens (primary N) is 1. The SMILES string of the molecule is Cc1ccc2oc(C(N)c3ccc(F)cc3Cl)cc2c1. The van der Waals surface area contributed by atoms with Crippen molar-refractivity contribution in [3.63, 3.8) is 0 Å². The molecular weight excluding hydrogens is 277 g/mol. The maximum atomic E-state index is 13.1. The van der Waals surface area contributed by atoms with Crippen LogP contribution < -0.4 is 5.73 Å². The van der Waals surface area contributed by atoms with E-state index in [4.69, 9.17) is 21.8 Å². The minimum absolute atomic E-state index is 0.300. The summed E-state index contributed by atoms with van der Waals surface area (Å²) in [7, 11) is 0. The molecule has 1 unspecified atom stereocenters. The minimum atomic E-state index is -0.518. The van der Waals surface area contributed by atoms with Crippen LogP contribution in [0.2, 0.25) is 5.02 Å². The van der Waals surface area contributed by atoms with Crippen LogP contribution in [0.15, 0.2) is 46.9 Å². The second-order valence-electron chi connectivity index (χ2n) is 4.83. The molecule has 0 saturated heterocycles. The Kier molecular flexibility index (Phi) is 3.24.